The molecule has 0 N–H and O–H groups in total. The number of rotatable bonds is 6. The number of piperazine rings is 1. The molecular formula is C22H24F2N4O2. The van der Waals surface area contributed by atoms with Crippen molar-refractivity contribution in [1.82, 2.24) is 20.0 Å². The van der Waals surface area contributed by atoms with Gasteiger partial charge >= 0.3 is 0 Å². The zero-order valence-corrected chi connectivity index (χ0v) is 17.0. The Morgan fingerprint density at radius 2 is 1.77 bits per heavy atom. The van der Waals surface area contributed by atoms with E-state index in [1.165, 1.54) is 25.3 Å². The van der Waals surface area contributed by atoms with E-state index in [0.29, 0.717) is 23.9 Å². The lowest BCUT2D eigenvalue weighted by molar-refractivity contribution is 0.0875. The highest BCUT2D eigenvalue weighted by Gasteiger charge is 2.26. The Morgan fingerprint density at radius 1 is 1.03 bits per heavy atom. The molecule has 1 aromatic heterocycles. The average molecular weight is 414 g/mol. The average Bonchev–Trinajstić information content (AvgIpc) is 3.25. The van der Waals surface area contributed by atoms with E-state index in [0.717, 1.165) is 31.7 Å². The second-order valence-electron chi connectivity index (χ2n) is 7.41. The summed E-state index contributed by atoms with van der Waals surface area (Å²) in [7, 11) is 1.46. The molecule has 0 saturated carbocycles. The highest BCUT2D eigenvalue weighted by Crippen LogP contribution is 2.25. The van der Waals surface area contributed by atoms with Crippen molar-refractivity contribution in [3.8, 4) is 17.2 Å². The third kappa shape index (κ3) is 4.49. The van der Waals surface area contributed by atoms with Crippen LogP contribution in [0, 0.1) is 11.6 Å². The lowest BCUT2D eigenvalue weighted by atomic mass is 10.1. The Morgan fingerprint density at radius 3 is 2.43 bits per heavy atom. The summed E-state index contributed by atoms with van der Waals surface area (Å²) in [5.74, 6) is 0.548. The predicted octanol–water partition coefficient (Wildman–Crippen LogP) is 3.90. The number of aromatic nitrogens is 2. The molecule has 2 aromatic carbocycles. The Bertz CT molecular complexity index is 985. The monoisotopic (exact) mass is 414 g/mol. The lowest BCUT2D eigenvalue weighted by Gasteiger charge is -2.36. The second kappa shape index (κ2) is 8.89. The Labute approximate surface area is 174 Å². The van der Waals surface area contributed by atoms with Crippen molar-refractivity contribution in [2.75, 3.05) is 33.3 Å². The van der Waals surface area contributed by atoms with Gasteiger partial charge in [0.25, 0.3) is 0 Å². The van der Waals surface area contributed by atoms with E-state index in [-0.39, 0.29) is 23.4 Å². The van der Waals surface area contributed by atoms with Gasteiger partial charge in [0, 0.05) is 38.3 Å². The van der Waals surface area contributed by atoms with Gasteiger partial charge < -0.3 is 9.15 Å². The number of methoxy groups -OCH3 is 1. The van der Waals surface area contributed by atoms with Crippen LogP contribution in [0.25, 0.3) is 11.5 Å². The zero-order valence-electron chi connectivity index (χ0n) is 17.0. The summed E-state index contributed by atoms with van der Waals surface area (Å²) < 4.78 is 37.8. The first-order valence-electron chi connectivity index (χ1n) is 9.91. The van der Waals surface area contributed by atoms with Crippen molar-refractivity contribution in [2.45, 2.75) is 19.5 Å². The summed E-state index contributed by atoms with van der Waals surface area (Å²) in [6.07, 6.45) is 0. The summed E-state index contributed by atoms with van der Waals surface area (Å²) in [5, 5.41) is 8.29. The maximum Gasteiger partial charge on any atom is 0.247 e. The van der Waals surface area contributed by atoms with E-state index >= 15 is 0 Å². The third-order valence-corrected chi connectivity index (χ3v) is 5.47. The molecule has 0 unspecified atom stereocenters. The molecule has 0 amide bonds. The summed E-state index contributed by atoms with van der Waals surface area (Å²) in [6, 6.07) is 11.1. The maximum absolute atomic E-state index is 13.9. The molecule has 3 aromatic rings. The van der Waals surface area contributed by atoms with Crippen molar-refractivity contribution in [1.29, 1.82) is 0 Å². The second-order valence-corrected chi connectivity index (χ2v) is 7.41. The highest BCUT2D eigenvalue weighted by molar-refractivity contribution is 5.52. The fourth-order valence-electron chi connectivity index (χ4n) is 3.64. The first-order chi connectivity index (χ1) is 14.5. The first-order valence-corrected chi connectivity index (χ1v) is 9.91. The zero-order chi connectivity index (χ0) is 21.1. The summed E-state index contributed by atoms with van der Waals surface area (Å²) in [5.41, 5.74) is 1.62. The minimum Gasteiger partial charge on any atom is -0.494 e. The smallest absolute Gasteiger partial charge is 0.247 e. The SMILES string of the molecule is COc1ccc(CN2CCN([C@H](C)c3nnc(-c4ccc(F)cc4)o3)CC2)cc1F. The molecule has 8 heteroatoms. The molecule has 1 aliphatic rings. The summed E-state index contributed by atoms with van der Waals surface area (Å²) in [4.78, 5) is 4.58. The standard InChI is InChI=1S/C22H24F2N4O2/c1-15(21-25-26-22(30-21)17-4-6-18(23)7-5-17)28-11-9-27(10-12-28)14-16-3-8-20(29-2)19(24)13-16/h3-8,13,15H,9-12,14H2,1-2H3/t15-/m1/s1. The van der Waals surface area contributed by atoms with Crippen molar-refractivity contribution in [3.05, 3.63) is 65.6 Å². The molecule has 0 aliphatic carbocycles. The number of benzene rings is 2. The largest absolute Gasteiger partial charge is 0.494 e. The lowest BCUT2D eigenvalue weighted by Crippen LogP contribution is -2.46. The number of nitrogens with zero attached hydrogens (tertiary/aromatic N) is 4. The van der Waals surface area contributed by atoms with Gasteiger partial charge in [-0.25, -0.2) is 8.78 Å². The van der Waals surface area contributed by atoms with Crippen LogP contribution in [0.1, 0.15) is 24.4 Å². The van der Waals surface area contributed by atoms with Crippen molar-refractivity contribution in [2.24, 2.45) is 0 Å². The van der Waals surface area contributed by atoms with Crippen LogP contribution < -0.4 is 4.74 Å². The van der Waals surface area contributed by atoms with Crippen LogP contribution in [0.3, 0.4) is 0 Å². The maximum atomic E-state index is 13.9. The van der Waals surface area contributed by atoms with Crippen molar-refractivity contribution < 1.29 is 17.9 Å². The van der Waals surface area contributed by atoms with Crippen LogP contribution in [0.5, 0.6) is 5.75 Å². The third-order valence-electron chi connectivity index (χ3n) is 5.47. The van der Waals surface area contributed by atoms with Gasteiger partial charge in [-0.3, -0.25) is 9.80 Å². The summed E-state index contributed by atoms with van der Waals surface area (Å²) >= 11 is 0. The van der Waals surface area contributed by atoms with Gasteiger partial charge in [0.15, 0.2) is 11.6 Å². The molecule has 1 aliphatic heterocycles. The molecule has 0 spiro atoms. The number of halogens is 2. The van der Waals surface area contributed by atoms with Gasteiger partial charge in [-0.15, -0.1) is 10.2 Å². The molecule has 1 fully saturated rings. The van der Waals surface area contributed by atoms with E-state index in [1.807, 2.05) is 13.0 Å². The molecule has 158 valence electrons. The number of ether oxygens (including phenoxy) is 1. The molecule has 30 heavy (non-hydrogen) atoms. The minimum atomic E-state index is -0.337. The predicted molar refractivity (Wildman–Crippen MR) is 108 cm³/mol. The van der Waals surface area contributed by atoms with E-state index in [1.54, 1.807) is 18.2 Å². The molecular weight excluding hydrogens is 390 g/mol. The van der Waals surface area contributed by atoms with Crippen LogP contribution in [0.4, 0.5) is 8.78 Å². The Hall–Kier alpha value is -2.84. The molecule has 0 bridgehead atoms. The van der Waals surface area contributed by atoms with E-state index in [9.17, 15) is 8.78 Å². The van der Waals surface area contributed by atoms with Gasteiger partial charge in [-0.1, -0.05) is 6.07 Å². The number of hydrogen-bond acceptors (Lipinski definition) is 6. The molecule has 1 atom stereocenters. The quantitative estimate of drug-likeness (QED) is 0.610. The van der Waals surface area contributed by atoms with Crippen LogP contribution in [-0.2, 0) is 6.54 Å². The fourth-order valence-corrected chi connectivity index (χ4v) is 3.64. The van der Waals surface area contributed by atoms with E-state index < -0.39 is 0 Å². The first kappa shape index (κ1) is 20.4. The van der Waals surface area contributed by atoms with Crippen LogP contribution in [0.15, 0.2) is 46.9 Å². The highest BCUT2D eigenvalue weighted by atomic mass is 19.1. The van der Waals surface area contributed by atoms with E-state index in [2.05, 4.69) is 20.0 Å². The van der Waals surface area contributed by atoms with Gasteiger partial charge in [-0.05, 0) is 48.9 Å². The topological polar surface area (TPSA) is 54.6 Å². The van der Waals surface area contributed by atoms with Gasteiger partial charge in [0.05, 0.1) is 13.2 Å². The molecule has 2 heterocycles. The minimum absolute atomic E-state index is 0.0210. The van der Waals surface area contributed by atoms with Crippen LogP contribution in [0.2, 0.25) is 0 Å². The van der Waals surface area contributed by atoms with E-state index in [4.69, 9.17) is 9.15 Å². The normalized spacial score (nSPS) is 16.5. The van der Waals surface area contributed by atoms with Gasteiger partial charge in [-0.2, -0.15) is 0 Å². The molecule has 4 rings (SSSR count). The van der Waals surface area contributed by atoms with Gasteiger partial charge in [0.2, 0.25) is 11.8 Å². The fraction of sp³-hybridized carbons (Fsp3) is 0.364. The molecule has 6 nitrogen and oxygen atoms in total. The van der Waals surface area contributed by atoms with Crippen molar-refractivity contribution in [3.63, 3.8) is 0 Å². The van der Waals surface area contributed by atoms with Gasteiger partial charge in [0.1, 0.15) is 5.82 Å². The molecule has 0 radical (unpaired) electrons. The number of hydrogen-bond donors (Lipinski definition) is 0. The van der Waals surface area contributed by atoms with Crippen LogP contribution >= 0.6 is 0 Å². The Kier molecular flexibility index (Phi) is 6.06. The Balaban J connectivity index is 1.34. The van der Waals surface area contributed by atoms with Crippen LogP contribution in [-0.4, -0.2) is 53.3 Å². The summed E-state index contributed by atoms with van der Waals surface area (Å²) in [6.45, 7) is 6.13. The van der Waals surface area contributed by atoms with Crippen molar-refractivity contribution >= 4 is 0 Å². The molecule has 1 saturated heterocycles.